The minimum Gasteiger partial charge on any atom is -0.495 e. The molecule has 0 unspecified atom stereocenters. The Morgan fingerprint density at radius 3 is 2.04 bits per heavy atom. The van der Waals surface area contributed by atoms with E-state index in [9.17, 15) is 18.0 Å². The number of hydrogen-bond acceptors (Lipinski definition) is 5. The molecule has 242 valence electrons. The minimum atomic E-state index is -4.25. The molecule has 0 heterocycles. The van der Waals surface area contributed by atoms with Gasteiger partial charge in [0.1, 0.15) is 18.3 Å². The zero-order valence-corrected chi connectivity index (χ0v) is 28.3. The van der Waals surface area contributed by atoms with Crippen LogP contribution in [0, 0.1) is 6.92 Å². The van der Waals surface area contributed by atoms with Gasteiger partial charge in [0, 0.05) is 18.5 Å². The molecule has 0 fully saturated rings. The van der Waals surface area contributed by atoms with Gasteiger partial charge in [-0.25, -0.2) is 8.42 Å². The fraction of sp³-hybridized carbons (Fsp3) is 0.278. The topological polar surface area (TPSA) is 96.0 Å². The zero-order chi connectivity index (χ0) is 33.5. The van der Waals surface area contributed by atoms with Crippen LogP contribution >= 0.6 is 11.6 Å². The zero-order valence-electron chi connectivity index (χ0n) is 26.7. The van der Waals surface area contributed by atoms with E-state index >= 15 is 0 Å². The maximum atomic E-state index is 14.6. The quantitative estimate of drug-likeness (QED) is 0.189. The van der Waals surface area contributed by atoms with E-state index in [1.54, 1.807) is 24.3 Å². The molecular formula is C36H40ClN3O5S. The highest BCUT2D eigenvalue weighted by Crippen LogP contribution is 2.32. The number of amides is 2. The monoisotopic (exact) mass is 661 g/mol. The number of nitrogens with one attached hydrogen (secondary N) is 1. The Morgan fingerprint density at radius 1 is 0.870 bits per heavy atom. The number of nitrogens with zero attached hydrogens (tertiary/aromatic N) is 2. The highest BCUT2D eigenvalue weighted by molar-refractivity contribution is 7.92. The minimum absolute atomic E-state index is 0.00568. The summed E-state index contributed by atoms with van der Waals surface area (Å²) in [4.78, 5) is 30.0. The van der Waals surface area contributed by atoms with Gasteiger partial charge in [-0.05, 0) is 69.2 Å². The summed E-state index contributed by atoms with van der Waals surface area (Å²) < 4.78 is 34.6. The molecule has 0 bridgehead atoms. The number of halogens is 1. The molecule has 0 aliphatic rings. The SMILES string of the molecule is COc1ccc(N(CC(=O)N(Cc2ccc(C)cc2)[C@@H](Cc2ccccc2)C(=O)NC(C)(C)C)S(=O)(=O)c2ccccc2)cc1Cl. The number of rotatable bonds is 12. The molecule has 8 nitrogen and oxygen atoms in total. The van der Waals surface area contributed by atoms with E-state index in [1.165, 1.54) is 36.3 Å². The highest BCUT2D eigenvalue weighted by Gasteiger charge is 2.35. The second kappa shape index (κ2) is 14.8. The van der Waals surface area contributed by atoms with Crippen LogP contribution in [0.3, 0.4) is 0 Å². The third kappa shape index (κ3) is 8.89. The lowest BCUT2D eigenvalue weighted by molar-refractivity contribution is -0.140. The summed E-state index contributed by atoms with van der Waals surface area (Å²) in [5.41, 5.74) is 2.30. The summed E-state index contributed by atoms with van der Waals surface area (Å²) in [5.74, 6) is -0.546. The van der Waals surface area contributed by atoms with Crippen LogP contribution in [0.5, 0.6) is 5.75 Å². The van der Waals surface area contributed by atoms with Gasteiger partial charge in [0.25, 0.3) is 10.0 Å². The molecule has 1 N–H and O–H groups in total. The molecule has 46 heavy (non-hydrogen) atoms. The molecule has 0 saturated carbocycles. The van der Waals surface area contributed by atoms with Crippen LogP contribution in [0.2, 0.25) is 5.02 Å². The summed E-state index contributed by atoms with van der Waals surface area (Å²) in [6.07, 6.45) is 0.222. The predicted molar refractivity (Wildman–Crippen MR) is 183 cm³/mol. The summed E-state index contributed by atoms with van der Waals surface area (Å²) >= 11 is 6.44. The van der Waals surface area contributed by atoms with Gasteiger partial charge in [-0.2, -0.15) is 0 Å². The lowest BCUT2D eigenvalue weighted by Crippen LogP contribution is -2.56. The second-order valence-corrected chi connectivity index (χ2v) is 14.4. The Balaban J connectivity index is 1.83. The third-order valence-corrected chi connectivity index (χ3v) is 9.36. The van der Waals surface area contributed by atoms with Crippen LogP contribution in [0.25, 0.3) is 0 Å². The molecule has 0 aliphatic carbocycles. The molecule has 4 rings (SSSR count). The number of hydrogen-bond donors (Lipinski definition) is 1. The standard InChI is InChI=1S/C36H40ClN3O5S/c1-26-16-18-28(19-17-26)24-39(32(35(42)38-36(2,3)4)22-27-12-8-6-9-13-27)34(41)25-40(29-20-21-33(45-5)31(37)23-29)46(43,44)30-14-10-7-11-15-30/h6-21,23,32H,22,24-25H2,1-5H3,(H,38,42)/t32-/m0/s1. The fourth-order valence-electron chi connectivity index (χ4n) is 4.96. The Morgan fingerprint density at radius 2 is 1.48 bits per heavy atom. The van der Waals surface area contributed by atoms with Crippen LogP contribution in [0.4, 0.5) is 5.69 Å². The molecule has 4 aromatic rings. The summed E-state index contributed by atoms with van der Waals surface area (Å²) in [6, 6.07) is 28.6. The molecule has 0 saturated heterocycles. The van der Waals surface area contributed by atoms with Crippen LogP contribution < -0.4 is 14.4 Å². The first kappa shape index (κ1) is 34.5. The average molecular weight is 662 g/mol. The van der Waals surface area contributed by atoms with Crippen molar-refractivity contribution in [1.82, 2.24) is 10.2 Å². The van der Waals surface area contributed by atoms with Gasteiger partial charge in [-0.3, -0.25) is 13.9 Å². The molecule has 2 amide bonds. The average Bonchev–Trinajstić information content (AvgIpc) is 3.02. The second-order valence-electron chi connectivity index (χ2n) is 12.1. The largest absolute Gasteiger partial charge is 0.495 e. The first-order valence-corrected chi connectivity index (χ1v) is 16.7. The van der Waals surface area contributed by atoms with Crippen LogP contribution in [0.15, 0.2) is 108 Å². The molecular weight excluding hydrogens is 622 g/mol. The van der Waals surface area contributed by atoms with Gasteiger partial charge >= 0.3 is 0 Å². The highest BCUT2D eigenvalue weighted by atomic mass is 35.5. The van der Waals surface area contributed by atoms with Gasteiger partial charge in [0.05, 0.1) is 22.7 Å². The van der Waals surface area contributed by atoms with Crippen molar-refractivity contribution >= 4 is 39.1 Å². The molecule has 1 atom stereocenters. The number of carbonyl (C=O) groups excluding carboxylic acids is 2. The van der Waals surface area contributed by atoms with Crippen LogP contribution in [0.1, 0.15) is 37.5 Å². The van der Waals surface area contributed by atoms with Crippen LogP contribution in [-0.4, -0.2) is 50.4 Å². The van der Waals surface area contributed by atoms with E-state index in [1.807, 2.05) is 82.3 Å². The van der Waals surface area contributed by atoms with E-state index in [0.717, 1.165) is 21.0 Å². The molecule has 4 aromatic carbocycles. The molecule has 0 aromatic heterocycles. The Hall–Kier alpha value is -4.34. The van der Waals surface area contributed by atoms with Gasteiger partial charge in [-0.1, -0.05) is 90.0 Å². The maximum absolute atomic E-state index is 14.6. The van der Waals surface area contributed by atoms with E-state index in [0.29, 0.717) is 5.75 Å². The smallest absolute Gasteiger partial charge is 0.264 e. The molecule has 0 radical (unpaired) electrons. The Labute approximate surface area is 277 Å². The van der Waals surface area contributed by atoms with E-state index < -0.39 is 34.1 Å². The van der Waals surface area contributed by atoms with E-state index in [4.69, 9.17) is 16.3 Å². The van der Waals surface area contributed by atoms with Crippen molar-refractivity contribution in [3.63, 3.8) is 0 Å². The number of carbonyl (C=O) groups is 2. The van der Waals surface area contributed by atoms with Crippen molar-refractivity contribution in [2.75, 3.05) is 18.0 Å². The lowest BCUT2D eigenvalue weighted by atomic mass is 10.0. The first-order chi connectivity index (χ1) is 21.8. The normalized spacial score (nSPS) is 12.2. The molecule has 10 heteroatoms. The summed E-state index contributed by atoms with van der Waals surface area (Å²) in [5, 5.41) is 3.22. The Bertz CT molecular complexity index is 1740. The third-order valence-electron chi connectivity index (χ3n) is 7.28. The van der Waals surface area contributed by atoms with Gasteiger partial charge in [0.15, 0.2) is 0 Å². The fourth-order valence-corrected chi connectivity index (χ4v) is 6.63. The molecule has 0 spiro atoms. The number of sulfonamides is 1. The van der Waals surface area contributed by atoms with Gasteiger partial charge in [0.2, 0.25) is 11.8 Å². The lowest BCUT2D eigenvalue weighted by Gasteiger charge is -2.35. The summed E-state index contributed by atoms with van der Waals surface area (Å²) in [7, 11) is -2.79. The Kier molecular flexibility index (Phi) is 11.1. The van der Waals surface area contributed by atoms with Crippen molar-refractivity contribution in [1.29, 1.82) is 0 Å². The number of methoxy groups -OCH3 is 1. The van der Waals surface area contributed by atoms with Gasteiger partial charge < -0.3 is 15.0 Å². The number of aryl methyl sites for hydroxylation is 1. The predicted octanol–water partition coefficient (Wildman–Crippen LogP) is 6.41. The number of benzene rings is 4. The number of ether oxygens (including phenoxy) is 1. The van der Waals surface area contributed by atoms with E-state index in [2.05, 4.69) is 5.32 Å². The van der Waals surface area contributed by atoms with Crippen molar-refractivity contribution in [2.24, 2.45) is 0 Å². The van der Waals surface area contributed by atoms with E-state index in [-0.39, 0.29) is 34.5 Å². The van der Waals surface area contributed by atoms with Crippen molar-refractivity contribution < 1.29 is 22.7 Å². The number of anilines is 1. The van der Waals surface area contributed by atoms with Crippen LogP contribution in [-0.2, 0) is 32.6 Å². The first-order valence-electron chi connectivity index (χ1n) is 14.9. The summed E-state index contributed by atoms with van der Waals surface area (Å²) in [6.45, 7) is 7.08. The van der Waals surface area contributed by atoms with Crippen molar-refractivity contribution in [3.8, 4) is 5.75 Å². The van der Waals surface area contributed by atoms with Crippen molar-refractivity contribution in [3.05, 3.63) is 125 Å². The molecule has 0 aliphatic heterocycles. The maximum Gasteiger partial charge on any atom is 0.264 e. The van der Waals surface area contributed by atoms with Gasteiger partial charge in [-0.15, -0.1) is 0 Å². The van der Waals surface area contributed by atoms with Crippen molar-refractivity contribution in [2.45, 2.75) is 57.1 Å².